The molecule has 0 aromatic rings. The lowest BCUT2D eigenvalue weighted by molar-refractivity contribution is -0.140. The molecule has 4 amide bonds. The van der Waals surface area contributed by atoms with E-state index in [-0.39, 0.29) is 68.5 Å². The Morgan fingerprint density at radius 2 is 1.00 bits per heavy atom. The molecular formula is C27H49FN4O10S. The molecule has 43 heavy (non-hydrogen) atoms. The molecule has 1 heterocycles. The van der Waals surface area contributed by atoms with Crippen LogP contribution in [0, 0.1) is 0 Å². The highest BCUT2D eigenvalue weighted by molar-refractivity contribution is 7.81. The molecule has 2 N–H and O–H groups in total. The number of thiol groups is 1. The molecule has 0 bridgehead atoms. The van der Waals surface area contributed by atoms with Crippen molar-refractivity contribution in [1.29, 1.82) is 0 Å². The molecule has 14 nitrogen and oxygen atoms in total. The lowest BCUT2D eigenvalue weighted by Gasteiger charge is -2.35. The topological polar surface area (TPSA) is 154 Å². The summed E-state index contributed by atoms with van der Waals surface area (Å²) in [7, 11) is 0. The van der Waals surface area contributed by atoms with Crippen LogP contribution < -0.4 is 10.6 Å². The quantitative estimate of drug-likeness (QED) is 0.0810. The Kier molecular flexibility index (Phi) is 24.9. The summed E-state index contributed by atoms with van der Waals surface area (Å²) in [4.78, 5) is 54.5. The minimum atomic E-state index is -0.155. The zero-order valence-electron chi connectivity index (χ0n) is 25.1. The Bertz CT molecular complexity index is 763. The molecule has 1 aliphatic heterocycles. The Morgan fingerprint density at radius 3 is 1.51 bits per heavy atom. The number of ether oxygens (including phenoxy) is 5. The van der Waals surface area contributed by atoms with E-state index in [0.29, 0.717) is 105 Å². The summed E-state index contributed by atoms with van der Waals surface area (Å²) in [6.45, 7) is 6.46. The predicted octanol–water partition coefficient (Wildman–Crippen LogP) is -0.246. The van der Waals surface area contributed by atoms with Crippen molar-refractivity contribution in [3.8, 4) is 0 Å². The minimum Gasteiger partial charge on any atom is -0.380 e. The molecular weight excluding hydrogens is 591 g/mol. The van der Waals surface area contributed by atoms with Crippen molar-refractivity contribution in [2.45, 2.75) is 32.1 Å². The first-order chi connectivity index (χ1) is 21.0. The second-order valence-electron chi connectivity index (χ2n) is 9.45. The van der Waals surface area contributed by atoms with E-state index in [2.05, 4.69) is 28.2 Å². The zero-order chi connectivity index (χ0) is 31.4. The summed E-state index contributed by atoms with van der Waals surface area (Å²) < 4.78 is 38.6. The lowest BCUT2D eigenvalue weighted by atomic mass is 10.2. The number of piperazine rings is 1. The van der Waals surface area contributed by atoms with Crippen LogP contribution in [0.2, 0.25) is 0 Å². The average molecular weight is 641 g/mol. The normalized spacial score (nSPS) is 13.3. The van der Waals surface area contributed by atoms with Crippen LogP contribution in [0.4, 0.5) is 4.53 Å². The van der Waals surface area contributed by atoms with Crippen LogP contribution in [-0.2, 0) is 47.8 Å². The summed E-state index contributed by atoms with van der Waals surface area (Å²) in [5.41, 5.74) is 0. The number of unbranched alkanes of at least 4 members (excludes halogenated alkanes) is 1. The van der Waals surface area contributed by atoms with Gasteiger partial charge in [0.15, 0.2) is 0 Å². The van der Waals surface area contributed by atoms with Gasteiger partial charge in [-0.15, -0.1) is 0 Å². The Morgan fingerprint density at radius 1 is 0.558 bits per heavy atom. The van der Waals surface area contributed by atoms with Crippen LogP contribution in [0.15, 0.2) is 0 Å². The zero-order valence-corrected chi connectivity index (χ0v) is 26.0. The fourth-order valence-electron chi connectivity index (χ4n) is 3.79. The van der Waals surface area contributed by atoms with Crippen LogP contribution in [0.25, 0.3) is 0 Å². The van der Waals surface area contributed by atoms with E-state index in [1.165, 1.54) is 0 Å². The Labute approximate surface area is 258 Å². The van der Waals surface area contributed by atoms with Gasteiger partial charge in [0.25, 0.3) is 0 Å². The van der Waals surface area contributed by atoms with Gasteiger partial charge in [0, 0.05) is 45.7 Å². The molecule has 250 valence electrons. The molecule has 0 unspecified atom stereocenters. The molecule has 1 aliphatic rings. The number of nitrogens with zero attached hydrogens (tertiary/aromatic N) is 2. The fraction of sp³-hybridized carbons (Fsp3) is 0.852. The van der Waals surface area contributed by atoms with Gasteiger partial charge in [-0.25, -0.2) is 0 Å². The summed E-state index contributed by atoms with van der Waals surface area (Å²) in [5, 5.41) is 5.36. The smallest absolute Gasteiger partial charge is 0.229 e. The van der Waals surface area contributed by atoms with E-state index >= 15 is 0 Å². The Hall–Kier alpha value is -2.08. The second-order valence-corrected chi connectivity index (χ2v) is 9.77. The lowest BCUT2D eigenvalue weighted by Crippen LogP contribution is -2.50. The molecule has 0 atom stereocenters. The van der Waals surface area contributed by atoms with Gasteiger partial charge in [-0.3, -0.25) is 19.2 Å². The van der Waals surface area contributed by atoms with Gasteiger partial charge in [0.1, 0.15) is 0 Å². The summed E-state index contributed by atoms with van der Waals surface area (Å²) in [6, 6.07) is 0. The summed E-state index contributed by atoms with van der Waals surface area (Å²) >= 11 is 3.86. The number of hydrogen-bond acceptors (Lipinski definition) is 11. The summed E-state index contributed by atoms with van der Waals surface area (Å²) in [5.74, 6) is -0.178. The van der Waals surface area contributed by atoms with Crippen LogP contribution >= 0.6 is 12.6 Å². The first-order valence-electron chi connectivity index (χ1n) is 14.8. The van der Waals surface area contributed by atoms with Gasteiger partial charge in [-0.1, -0.05) is 0 Å². The van der Waals surface area contributed by atoms with Gasteiger partial charge < -0.3 is 44.1 Å². The number of halogens is 1. The Balaban J connectivity index is 1.91. The van der Waals surface area contributed by atoms with Gasteiger partial charge in [-0.2, -0.15) is 17.6 Å². The van der Waals surface area contributed by atoms with Gasteiger partial charge in [0.05, 0.1) is 91.3 Å². The standard InChI is InChI=1S/C27H49FN4O10S/c28-42-12-2-1-6-29-24(33)3-13-37-14-4-26(35)31-8-10-32(11-9-31)27(36)5-15-38-17-19-40-21-22-41-20-18-39-16-7-30-25(34)23-43/h43H,1-23H2,(H,29,33)(H,30,34). The second kappa shape index (κ2) is 27.5. The number of rotatable bonds is 27. The third-order valence-corrected chi connectivity index (χ3v) is 6.46. The highest BCUT2D eigenvalue weighted by Gasteiger charge is 2.23. The van der Waals surface area contributed by atoms with Crippen LogP contribution in [-0.4, -0.2) is 151 Å². The molecule has 16 heteroatoms. The van der Waals surface area contributed by atoms with Crippen molar-refractivity contribution in [2.75, 3.05) is 118 Å². The molecule has 0 radical (unpaired) electrons. The van der Waals surface area contributed by atoms with Crippen molar-refractivity contribution >= 4 is 36.3 Å². The maximum Gasteiger partial charge on any atom is 0.229 e. The third kappa shape index (κ3) is 22.1. The highest BCUT2D eigenvalue weighted by Crippen LogP contribution is 2.06. The first kappa shape index (κ1) is 38.9. The fourth-order valence-corrected chi connectivity index (χ4v) is 3.90. The molecule has 0 spiro atoms. The van der Waals surface area contributed by atoms with Crippen molar-refractivity contribution in [2.24, 2.45) is 0 Å². The predicted molar refractivity (Wildman–Crippen MR) is 157 cm³/mol. The van der Waals surface area contributed by atoms with E-state index in [0.717, 1.165) is 0 Å². The number of carbonyl (C=O) groups excluding carboxylic acids is 4. The summed E-state index contributed by atoms with van der Waals surface area (Å²) in [6.07, 6.45) is 1.84. The van der Waals surface area contributed by atoms with E-state index < -0.39 is 0 Å². The largest absolute Gasteiger partial charge is 0.380 e. The van der Waals surface area contributed by atoms with Crippen molar-refractivity contribution in [1.82, 2.24) is 20.4 Å². The van der Waals surface area contributed by atoms with Crippen molar-refractivity contribution in [3.05, 3.63) is 0 Å². The number of nitrogens with one attached hydrogen (secondary N) is 2. The van der Waals surface area contributed by atoms with E-state index in [9.17, 15) is 23.7 Å². The maximum absolute atomic E-state index is 12.4. The van der Waals surface area contributed by atoms with Crippen LogP contribution in [0.1, 0.15) is 32.1 Å². The van der Waals surface area contributed by atoms with E-state index in [1.54, 1.807) is 9.80 Å². The SMILES string of the molecule is O=C(CS)NCCOCCOCCOCCOCCC(=O)N1CCN(C(=O)CCOCCC(=O)NCCCCOF)CC1. The van der Waals surface area contributed by atoms with Crippen LogP contribution in [0.5, 0.6) is 0 Å². The maximum atomic E-state index is 12.4. The first-order valence-corrected chi connectivity index (χ1v) is 15.4. The van der Waals surface area contributed by atoms with Gasteiger partial charge in [-0.05, 0) is 17.4 Å². The monoisotopic (exact) mass is 640 g/mol. The molecule has 0 aromatic heterocycles. The molecule has 0 aliphatic carbocycles. The minimum absolute atomic E-state index is 0.00918. The number of hydrogen-bond donors (Lipinski definition) is 3. The molecule has 1 rings (SSSR count). The number of amides is 4. The van der Waals surface area contributed by atoms with Crippen molar-refractivity contribution < 1.29 is 52.3 Å². The van der Waals surface area contributed by atoms with Gasteiger partial charge >= 0.3 is 0 Å². The third-order valence-electron chi connectivity index (χ3n) is 6.18. The molecule has 1 fully saturated rings. The number of carbonyl (C=O) groups is 4. The molecule has 1 saturated heterocycles. The van der Waals surface area contributed by atoms with E-state index in [4.69, 9.17) is 23.7 Å². The average Bonchev–Trinajstić information content (AvgIpc) is 3.02. The molecule has 0 saturated carbocycles. The van der Waals surface area contributed by atoms with Crippen LogP contribution in [0.3, 0.4) is 0 Å². The van der Waals surface area contributed by atoms with Gasteiger partial charge in [0.2, 0.25) is 23.6 Å². The highest BCUT2D eigenvalue weighted by atomic mass is 32.1. The molecule has 0 aromatic carbocycles. The van der Waals surface area contributed by atoms with E-state index in [1.807, 2.05) is 0 Å². The van der Waals surface area contributed by atoms with Crippen molar-refractivity contribution in [3.63, 3.8) is 0 Å².